The molecule has 0 aliphatic rings. The van der Waals surface area contributed by atoms with Crippen molar-refractivity contribution >= 4 is 28.5 Å². The number of benzene rings is 1. The zero-order chi connectivity index (χ0) is 14.0. The molecule has 2 aromatic rings. The van der Waals surface area contributed by atoms with E-state index in [2.05, 4.69) is 10.6 Å². The number of fused-ring (bicyclic) bond motifs is 1. The van der Waals surface area contributed by atoms with Crippen LogP contribution in [0.25, 0.3) is 10.9 Å². The van der Waals surface area contributed by atoms with Crippen LogP contribution in [0.3, 0.4) is 0 Å². The SMILES string of the molecule is CC(NC(=O)Nc1ccc2ccn(C)c2c1)C(N)=O. The maximum absolute atomic E-state index is 11.6. The van der Waals surface area contributed by atoms with Gasteiger partial charge in [-0.3, -0.25) is 4.79 Å². The topological polar surface area (TPSA) is 89.2 Å². The summed E-state index contributed by atoms with van der Waals surface area (Å²) in [7, 11) is 1.93. The van der Waals surface area contributed by atoms with Crippen LogP contribution < -0.4 is 16.4 Å². The van der Waals surface area contributed by atoms with Crippen LogP contribution in [-0.2, 0) is 11.8 Å². The summed E-state index contributed by atoms with van der Waals surface area (Å²) >= 11 is 0. The Morgan fingerprint density at radius 3 is 2.74 bits per heavy atom. The van der Waals surface area contributed by atoms with Gasteiger partial charge in [-0.05, 0) is 30.5 Å². The third kappa shape index (κ3) is 2.85. The van der Waals surface area contributed by atoms with Crippen molar-refractivity contribution in [1.82, 2.24) is 9.88 Å². The lowest BCUT2D eigenvalue weighted by Crippen LogP contribution is -2.44. The van der Waals surface area contributed by atoms with Gasteiger partial charge in [-0.15, -0.1) is 0 Å². The fourth-order valence-electron chi connectivity index (χ4n) is 1.78. The zero-order valence-corrected chi connectivity index (χ0v) is 10.8. The second-order valence-corrected chi connectivity index (χ2v) is 4.42. The van der Waals surface area contributed by atoms with Crippen LogP contribution >= 0.6 is 0 Å². The minimum absolute atomic E-state index is 0.458. The number of aryl methyl sites for hydroxylation is 1. The lowest BCUT2D eigenvalue weighted by Gasteiger charge is -2.11. The van der Waals surface area contributed by atoms with E-state index in [1.807, 2.05) is 36.0 Å². The van der Waals surface area contributed by atoms with Crippen LogP contribution in [0, 0.1) is 0 Å². The zero-order valence-electron chi connectivity index (χ0n) is 10.8. The Kier molecular flexibility index (Phi) is 3.41. The summed E-state index contributed by atoms with van der Waals surface area (Å²) in [6.45, 7) is 1.53. The van der Waals surface area contributed by atoms with E-state index >= 15 is 0 Å². The van der Waals surface area contributed by atoms with Crippen molar-refractivity contribution in [2.24, 2.45) is 12.8 Å². The van der Waals surface area contributed by atoms with E-state index in [1.54, 1.807) is 6.07 Å². The predicted molar refractivity (Wildman–Crippen MR) is 73.7 cm³/mol. The van der Waals surface area contributed by atoms with Gasteiger partial charge in [0.1, 0.15) is 6.04 Å². The summed E-state index contributed by atoms with van der Waals surface area (Å²) < 4.78 is 1.96. The molecule has 0 spiro atoms. The van der Waals surface area contributed by atoms with E-state index in [4.69, 9.17) is 5.73 Å². The van der Waals surface area contributed by atoms with Crippen molar-refractivity contribution in [2.75, 3.05) is 5.32 Å². The molecule has 1 atom stereocenters. The summed E-state index contributed by atoms with van der Waals surface area (Å²) in [5.41, 5.74) is 6.74. The maximum atomic E-state index is 11.6. The highest BCUT2D eigenvalue weighted by Gasteiger charge is 2.12. The molecule has 1 heterocycles. The third-order valence-electron chi connectivity index (χ3n) is 2.92. The van der Waals surface area contributed by atoms with Gasteiger partial charge in [-0.1, -0.05) is 6.07 Å². The molecule has 6 nitrogen and oxygen atoms in total. The fourth-order valence-corrected chi connectivity index (χ4v) is 1.78. The Bertz CT molecular complexity index is 633. The van der Waals surface area contributed by atoms with Crippen LogP contribution in [0.4, 0.5) is 10.5 Å². The summed E-state index contributed by atoms with van der Waals surface area (Å²) in [6.07, 6.45) is 1.95. The van der Waals surface area contributed by atoms with Crippen molar-refractivity contribution in [1.29, 1.82) is 0 Å². The number of nitrogens with zero attached hydrogens (tertiary/aromatic N) is 1. The monoisotopic (exact) mass is 260 g/mol. The highest BCUT2D eigenvalue weighted by Crippen LogP contribution is 2.19. The number of hydrogen-bond donors (Lipinski definition) is 3. The molecule has 1 unspecified atom stereocenters. The molecule has 6 heteroatoms. The largest absolute Gasteiger partial charge is 0.368 e. The van der Waals surface area contributed by atoms with E-state index < -0.39 is 18.0 Å². The van der Waals surface area contributed by atoms with Gasteiger partial charge in [-0.25, -0.2) is 4.79 Å². The molecule has 1 aromatic carbocycles. The van der Waals surface area contributed by atoms with Crippen LogP contribution in [0.15, 0.2) is 30.5 Å². The summed E-state index contributed by atoms with van der Waals surface area (Å²) in [4.78, 5) is 22.5. The highest BCUT2D eigenvalue weighted by atomic mass is 16.2. The van der Waals surface area contributed by atoms with Gasteiger partial charge in [0.2, 0.25) is 5.91 Å². The maximum Gasteiger partial charge on any atom is 0.319 e. The number of urea groups is 1. The molecule has 0 saturated heterocycles. The molecule has 0 aliphatic carbocycles. The summed E-state index contributed by atoms with van der Waals surface area (Å²) in [5.74, 6) is -0.576. The molecule has 1 aromatic heterocycles. The lowest BCUT2D eigenvalue weighted by molar-refractivity contribution is -0.119. The lowest BCUT2D eigenvalue weighted by atomic mass is 10.2. The number of carbonyl (C=O) groups is 2. The summed E-state index contributed by atoms with van der Waals surface area (Å²) in [6, 6.07) is 6.41. The van der Waals surface area contributed by atoms with Crippen LogP contribution in [-0.4, -0.2) is 22.5 Å². The van der Waals surface area contributed by atoms with E-state index in [9.17, 15) is 9.59 Å². The first-order valence-corrected chi connectivity index (χ1v) is 5.89. The van der Waals surface area contributed by atoms with Crippen molar-refractivity contribution in [3.63, 3.8) is 0 Å². The van der Waals surface area contributed by atoms with Crippen molar-refractivity contribution < 1.29 is 9.59 Å². The van der Waals surface area contributed by atoms with Crippen LogP contribution in [0.1, 0.15) is 6.92 Å². The van der Waals surface area contributed by atoms with Gasteiger partial charge in [0.05, 0.1) is 0 Å². The van der Waals surface area contributed by atoms with Gasteiger partial charge in [-0.2, -0.15) is 0 Å². The molecule has 19 heavy (non-hydrogen) atoms. The first kappa shape index (κ1) is 12.9. The van der Waals surface area contributed by atoms with Gasteiger partial charge < -0.3 is 20.9 Å². The van der Waals surface area contributed by atoms with Crippen LogP contribution in [0.2, 0.25) is 0 Å². The first-order chi connectivity index (χ1) is 8.97. The number of hydrogen-bond acceptors (Lipinski definition) is 2. The molecule has 2 rings (SSSR count). The quantitative estimate of drug-likeness (QED) is 0.773. The van der Waals surface area contributed by atoms with Gasteiger partial charge in [0, 0.05) is 24.4 Å². The van der Waals surface area contributed by atoms with Crippen LogP contribution in [0.5, 0.6) is 0 Å². The Hall–Kier alpha value is -2.50. The minimum atomic E-state index is -0.709. The standard InChI is InChI=1S/C13H16N4O2/c1-8(12(14)18)15-13(19)16-10-4-3-9-5-6-17(2)11(9)7-10/h3-8H,1-2H3,(H2,14,18)(H2,15,16,19). The molecular formula is C13H16N4O2. The molecule has 3 amide bonds. The Labute approximate surface area is 110 Å². The number of rotatable bonds is 3. The van der Waals surface area contributed by atoms with Crippen molar-refractivity contribution in [2.45, 2.75) is 13.0 Å². The number of amides is 3. The summed E-state index contributed by atoms with van der Waals surface area (Å²) in [5, 5.41) is 6.21. The average Bonchev–Trinajstić information content (AvgIpc) is 2.70. The second kappa shape index (κ2) is 5.01. The Balaban J connectivity index is 2.10. The minimum Gasteiger partial charge on any atom is -0.368 e. The van der Waals surface area contributed by atoms with E-state index in [-0.39, 0.29) is 0 Å². The van der Waals surface area contributed by atoms with Gasteiger partial charge >= 0.3 is 6.03 Å². The van der Waals surface area contributed by atoms with E-state index in [1.165, 1.54) is 6.92 Å². The molecule has 0 fully saturated rings. The van der Waals surface area contributed by atoms with Crippen molar-refractivity contribution in [3.8, 4) is 0 Å². The number of nitrogens with two attached hydrogens (primary N) is 1. The highest BCUT2D eigenvalue weighted by molar-refractivity contribution is 5.95. The van der Waals surface area contributed by atoms with Gasteiger partial charge in [0.25, 0.3) is 0 Å². The number of anilines is 1. The number of carbonyl (C=O) groups excluding carboxylic acids is 2. The molecule has 100 valence electrons. The fraction of sp³-hybridized carbons (Fsp3) is 0.231. The Morgan fingerprint density at radius 2 is 2.05 bits per heavy atom. The molecule has 0 saturated carbocycles. The molecular weight excluding hydrogens is 244 g/mol. The molecule has 0 bridgehead atoms. The second-order valence-electron chi connectivity index (χ2n) is 4.42. The molecule has 4 N–H and O–H groups in total. The number of primary amides is 1. The van der Waals surface area contributed by atoms with Crippen molar-refractivity contribution in [3.05, 3.63) is 30.5 Å². The molecule has 0 radical (unpaired) electrons. The average molecular weight is 260 g/mol. The molecule has 0 aliphatic heterocycles. The van der Waals surface area contributed by atoms with Gasteiger partial charge in [0.15, 0.2) is 0 Å². The predicted octanol–water partition coefficient (Wildman–Crippen LogP) is 1.17. The van der Waals surface area contributed by atoms with E-state index in [0.29, 0.717) is 5.69 Å². The van der Waals surface area contributed by atoms with E-state index in [0.717, 1.165) is 10.9 Å². The number of aromatic nitrogens is 1. The normalized spacial score (nSPS) is 12.1. The third-order valence-corrected chi connectivity index (χ3v) is 2.92. The number of nitrogens with one attached hydrogen (secondary N) is 2. The first-order valence-electron chi connectivity index (χ1n) is 5.89. The Morgan fingerprint density at radius 1 is 1.32 bits per heavy atom. The smallest absolute Gasteiger partial charge is 0.319 e.